The molecule has 3 N–H and O–H groups in total. The number of amides is 3. The number of primary amides is 1. The van der Waals surface area contributed by atoms with Crippen LogP contribution in [-0.2, 0) is 22.4 Å². The summed E-state index contributed by atoms with van der Waals surface area (Å²) in [5.74, 6) is 0.383. The van der Waals surface area contributed by atoms with E-state index in [4.69, 9.17) is 31.9 Å². The van der Waals surface area contributed by atoms with Gasteiger partial charge in [-0.05, 0) is 37.1 Å². The van der Waals surface area contributed by atoms with Gasteiger partial charge in [0.1, 0.15) is 5.82 Å². The molecule has 3 rings (SSSR count). The fourth-order valence-corrected chi connectivity index (χ4v) is 3.81. The molecular weight excluding hydrogens is 426 g/mol. The van der Waals surface area contributed by atoms with Crippen molar-refractivity contribution in [1.29, 1.82) is 0 Å². The lowest BCUT2D eigenvalue weighted by molar-refractivity contribution is -0.0940. The summed E-state index contributed by atoms with van der Waals surface area (Å²) in [4.78, 5) is 26.7. The molecule has 2 heterocycles. The molecule has 0 fully saturated rings. The maximum atomic E-state index is 12.5. The number of ether oxygens (including phenoxy) is 2. The number of carbonyl (C=O) groups excluding carboxylic acids is 1. The third-order valence-electron chi connectivity index (χ3n) is 5.32. The summed E-state index contributed by atoms with van der Waals surface area (Å²) in [5.41, 5.74) is 9.43. The molecular formula is C20H26ClN5O5. The van der Waals surface area contributed by atoms with E-state index >= 15 is 0 Å². The van der Waals surface area contributed by atoms with E-state index < -0.39 is 18.4 Å². The molecule has 11 heteroatoms. The van der Waals surface area contributed by atoms with E-state index in [0.29, 0.717) is 40.8 Å². The number of fused-ring (bicyclic) bond motifs is 1. The number of benzene rings is 1. The summed E-state index contributed by atoms with van der Waals surface area (Å²) in [6.45, 7) is 4.16. The number of anilines is 1. The van der Waals surface area contributed by atoms with E-state index in [1.807, 2.05) is 26.0 Å². The largest absolute Gasteiger partial charge is 0.465 e. The Bertz CT molecular complexity index is 981. The van der Waals surface area contributed by atoms with Crippen molar-refractivity contribution in [3.63, 3.8) is 0 Å². The zero-order valence-corrected chi connectivity index (χ0v) is 18.6. The third kappa shape index (κ3) is 4.46. The number of nitrogens with zero attached hydrogens (tertiary/aromatic N) is 4. The molecule has 168 valence electrons. The summed E-state index contributed by atoms with van der Waals surface area (Å²) in [6.07, 6.45) is -1.36. The Hall–Kier alpha value is -2.82. The van der Waals surface area contributed by atoms with Crippen molar-refractivity contribution >= 4 is 29.5 Å². The standard InChI is InChI=1S/C20H26ClN5O5/c1-11-7-13(8-12(2)17(11)21)26-18(25(19(22)27)10-16(30-3)31-4)14-9-24(20(28)29)6-5-15(14)23-26/h7-8,16H,5-6,9-10H2,1-4H3,(H2,22,27)(H,28,29). The predicted molar refractivity (Wildman–Crippen MR) is 115 cm³/mol. The minimum absolute atomic E-state index is 0.000901. The van der Waals surface area contributed by atoms with Crippen LogP contribution in [-0.4, -0.2) is 65.5 Å². The van der Waals surface area contributed by atoms with Crippen LogP contribution in [0.25, 0.3) is 5.69 Å². The van der Waals surface area contributed by atoms with Crippen LogP contribution in [0.4, 0.5) is 15.4 Å². The molecule has 31 heavy (non-hydrogen) atoms. The molecule has 0 aliphatic carbocycles. The van der Waals surface area contributed by atoms with Gasteiger partial charge in [-0.15, -0.1) is 0 Å². The number of rotatable bonds is 6. The lowest BCUT2D eigenvalue weighted by Crippen LogP contribution is -2.44. The normalized spacial score (nSPS) is 13.4. The molecule has 0 bridgehead atoms. The van der Waals surface area contributed by atoms with E-state index in [0.717, 1.165) is 11.1 Å². The minimum Gasteiger partial charge on any atom is -0.465 e. The Labute approximate surface area is 185 Å². The van der Waals surface area contributed by atoms with Gasteiger partial charge in [-0.2, -0.15) is 5.10 Å². The Morgan fingerprint density at radius 3 is 2.42 bits per heavy atom. The average Bonchev–Trinajstić information content (AvgIpc) is 3.10. The number of carboxylic acid groups (broad SMARTS) is 1. The van der Waals surface area contributed by atoms with Crippen molar-refractivity contribution in [2.45, 2.75) is 33.1 Å². The van der Waals surface area contributed by atoms with Gasteiger partial charge >= 0.3 is 12.1 Å². The zero-order valence-electron chi connectivity index (χ0n) is 17.9. The quantitative estimate of drug-likeness (QED) is 0.651. The molecule has 1 aromatic heterocycles. The van der Waals surface area contributed by atoms with Gasteiger partial charge in [-0.25, -0.2) is 14.3 Å². The van der Waals surface area contributed by atoms with Gasteiger partial charge in [-0.3, -0.25) is 4.90 Å². The van der Waals surface area contributed by atoms with Gasteiger partial charge in [0.25, 0.3) is 0 Å². The number of urea groups is 1. The van der Waals surface area contributed by atoms with Gasteiger partial charge < -0.3 is 25.2 Å². The van der Waals surface area contributed by atoms with Gasteiger partial charge in [-0.1, -0.05) is 11.6 Å². The van der Waals surface area contributed by atoms with Crippen LogP contribution in [0, 0.1) is 13.8 Å². The predicted octanol–water partition coefficient (Wildman–Crippen LogP) is 2.68. The van der Waals surface area contributed by atoms with E-state index in [1.54, 1.807) is 4.68 Å². The van der Waals surface area contributed by atoms with Crippen LogP contribution in [0.15, 0.2) is 12.1 Å². The molecule has 1 aliphatic heterocycles. The van der Waals surface area contributed by atoms with Crippen LogP contribution >= 0.6 is 11.6 Å². The van der Waals surface area contributed by atoms with Crippen LogP contribution in [0.3, 0.4) is 0 Å². The average molecular weight is 452 g/mol. The highest BCUT2D eigenvalue weighted by Gasteiger charge is 2.33. The van der Waals surface area contributed by atoms with E-state index in [2.05, 4.69) is 0 Å². The molecule has 1 aliphatic rings. The topological polar surface area (TPSA) is 123 Å². The first-order chi connectivity index (χ1) is 14.7. The summed E-state index contributed by atoms with van der Waals surface area (Å²) < 4.78 is 12.1. The van der Waals surface area contributed by atoms with E-state index in [1.165, 1.54) is 24.0 Å². The highest BCUT2D eigenvalue weighted by atomic mass is 35.5. The van der Waals surface area contributed by atoms with Gasteiger partial charge in [0.05, 0.1) is 24.5 Å². The number of carbonyl (C=O) groups is 2. The molecule has 10 nitrogen and oxygen atoms in total. The van der Waals surface area contributed by atoms with Gasteiger partial charge in [0, 0.05) is 37.8 Å². The Kier molecular flexibility index (Phi) is 6.73. The summed E-state index contributed by atoms with van der Waals surface area (Å²) in [5, 5.41) is 14.8. The van der Waals surface area contributed by atoms with Crippen LogP contribution in [0.1, 0.15) is 22.4 Å². The highest BCUT2D eigenvalue weighted by Crippen LogP contribution is 2.34. The van der Waals surface area contributed by atoms with E-state index in [-0.39, 0.29) is 13.1 Å². The smallest absolute Gasteiger partial charge is 0.407 e. The second kappa shape index (κ2) is 9.13. The number of hydrogen-bond acceptors (Lipinski definition) is 5. The number of aryl methyl sites for hydroxylation is 2. The zero-order chi connectivity index (χ0) is 22.9. The van der Waals surface area contributed by atoms with Crippen molar-refractivity contribution in [3.05, 3.63) is 39.5 Å². The molecule has 0 atom stereocenters. The number of nitrogens with two attached hydrogens (primary N) is 1. The molecule has 2 aromatic rings. The highest BCUT2D eigenvalue weighted by molar-refractivity contribution is 6.32. The third-order valence-corrected chi connectivity index (χ3v) is 5.92. The molecule has 0 radical (unpaired) electrons. The van der Waals surface area contributed by atoms with Gasteiger partial charge in [0.2, 0.25) is 0 Å². The lowest BCUT2D eigenvalue weighted by atomic mass is 10.1. The van der Waals surface area contributed by atoms with Gasteiger partial charge in [0.15, 0.2) is 6.29 Å². The summed E-state index contributed by atoms with van der Waals surface area (Å²) in [7, 11) is 2.91. The van der Waals surface area contributed by atoms with Crippen LogP contribution in [0.2, 0.25) is 5.02 Å². The van der Waals surface area contributed by atoms with Crippen molar-refractivity contribution in [2.75, 3.05) is 32.2 Å². The van der Waals surface area contributed by atoms with Crippen LogP contribution < -0.4 is 10.6 Å². The second-order valence-corrected chi connectivity index (χ2v) is 7.74. The van der Waals surface area contributed by atoms with Crippen molar-refractivity contribution < 1.29 is 24.2 Å². The maximum absolute atomic E-state index is 12.5. The van der Waals surface area contributed by atoms with Crippen molar-refractivity contribution in [3.8, 4) is 5.69 Å². The number of methoxy groups -OCH3 is 2. The first-order valence-corrected chi connectivity index (χ1v) is 10.0. The summed E-state index contributed by atoms with van der Waals surface area (Å²) >= 11 is 6.33. The first kappa shape index (κ1) is 22.9. The molecule has 0 saturated heterocycles. The van der Waals surface area contributed by atoms with Crippen LogP contribution in [0.5, 0.6) is 0 Å². The second-order valence-electron chi connectivity index (χ2n) is 7.36. The summed E-state index contributed by atoms with van der Waals surface area (Å²) in [6, 6.07) is 2.98. The van der Waals surface area contributed by atoms with E-state index in [9.17, 15) is 14.7 Å². The lowest BCUT2D eigenvalue weighted by Gasteiger charge is -2.29. The number of hydrogen-bond donors (Lipinski definition) is 2. The molecule has 1 aromatic carbocycles. The molecule has 0 saturated carbocycles. The molecule has 0 unspecified atom stereocenters. The monoisotopic (exact) mass is 451 g/mol. The SMILES string of the molecule is COC(CN(C(N)=O)c1c2c(nn1-c1cc(C)c(Cl)c(C)c1)CCN(C(=O)O)C2)OC. The molecule has 0 spiro atoms. The fourth-order valence-electron chi connectivity index (χ4n) is 3.70. The Morgan fingerprint density at radius 2 is 1.90 bits per heavy atom. The van der Waals surface area contributed by atoms with Crippen molar-refractivity contribution in [2.24, 2.45) is 5.73 Å². The fraction of sp³-hybridized carbons (Fsp3) is 0.450. The Morgan fingerprint density at radius 1 is 1.29 bits per heavy atom. The van der Waals surface area contributed by atoms with Crippen molar-refractivity contribution in [1.82, 2.24) is 14.7 Å². The Balaban J connectivity index is 2.22. The maximum Gasteiger partial charge on any atom is 0.407 e. The first-order valence-electron chi connectivity index (χ1n) is 9.66. The number of aromatic nitrogens is 2. The minimum atomic E-state index is -1.04. The number of halogens is 1. The molecule has 3 amide bonds.